The molecule has 0 N–H and O–H groups in total. The van der Waals surface area contributed by atoms with Crippen LogP contribution in [0.5, 0.6) is 0 Å². The first-order valence-electron chi connectivity index (χ1n) is 6.34. The topological polar surface area (TPSA) is 55.8 Å². The largest absolute Gasteiger partial charge is 0.443 e. The molecule has 0 saturated carbocycles. The van der Waals surface area contributed by atoms with Crippen molar-refractivity contribution in [3.8, 4) is 0 Å². The highest BCUT2D eigenvalue weighted by Gasteiger charge is 2.35. The Morgan fingerprint density at radius 1 is 1.47 bits per heavy atom. The van der Waals surface area contributed by atoms with Crippen LogP contribution in [0.25, 0.3) is 0 Å². The molecular weight excluding hydrogens is 266 g/mol. The average Bonchev–Trinajstić information content (AvgIpc) is 2.64. The SMILES string of the molecule is CCCSOC[C@@H]1C=CC(=O)N1C(=O)OC(C)(C)C. The fourth-order valence-corrected chi connectivity index (χ4v) is 1.97. The highest BCUT2D eigenvalue weighted by atomic mass is 32.2. The van der Waals surface area contributed by atoms with Gasteiger partial charge in [0.1, 0.15) is 5.60 Å². The summed E-state index contributed by atoms with van der Waals surface area (Å²) in [5, 5.41) is 0. The Morgan fingerprint density at radius 3 is 2.74 bits per heavy atom. The van der Waals surface area contributed by atoms with E-state index in [9.17, 15) is 9.59 Å². The molecule has 0 unspecified atom stereocenters. The number of ether oxygens (including phenoxy) is 1. The molecule has 0 aliphatic carbocycles. The van der Waals surface area contributed by atoms with Gasteiger partial charge in [-0.2, -0.15) is 0 Å². The van der Waals surface area contributed by atoms with Gasteiger partial charge in [-0.1, -0.05) is 13.0 Å². The first kappa shape index (κ1) is 16.0. The molecule has 2 amide bonds. The van der Waals surface area contributed by atoms with Gasteiger partial charge in [0.15, 0.2) is 0 Å². The number of rotatable bonds is 5. The first-order chi connectivity index (χ1) is 8.85. The lowest BCUT2D eigenvalue weighted by molar-refractivity contribution is -0.125. The van der Waals surface area contributed by atoms with Gasteiger partial charge >= 0.3 is 6.09 Å². The molecule has 1 aliphatic heterocycles. The van der Waals surface area contributed by atoms with Gasteiger partial charge in [-0.15, -0.1) is 0 Å². The van der Waals surface area contributed by atoms with Gasteiger partial charge in [0.05, 0.1) is 12.6 Å². The van der Waals surface area contributed by atoms with Gasteiger partial charge in [0.2, 0.25) is 0 Å². The van der Waals surface area contributed by atoms with E-state index in [4.69, 9.17) is 8.92 Å². The third-order valence-electron chi connectivity index (χ3n) is 2.23. The lowest BCUT2D eigenvalue weighted by Crippen LogP contribution is -2.44. The first-order valence-corrected chi connectivity index (χ1v) is 7.25. The Kier molecular flexibility index (Phi) is 5.87. The van der Waals surface area contributed by atoms with Crippen LogP contribution in [-0.4, -0.2) is 40.9 Å². The molecule has 5 nitrogen and oxygen atoms in total. The molecule has 0 radical (unpaired) electrons. The maximum Gasteiger partial charge on any atom is 0.417 e. The number of carbonyl (C=O) groups excluding carboxylic acids is 2. The number of hydrogen-bond donors (Lipinski definition) is 0. The van der Waals surface area contributed by atoms with Crippen LogP contribution in [0.2, 0.25) is 0 Å². The number of amides is 2. The van der Waals surface area contributed by atoms with Gasteiger partial charge in [0, 0.05) is 11.8 Å². The van der Waals surface area contributed by atoms with Crippen LogP contribution in [0.1, 0.15) is 34.1 Å². The molecule has 1 rings (SSSR count). The van der Waals surface area contributed by atoms with Crippen molar-refractivity contribution in [1.29, 1.82) is 0 Å². The standard InChI is InChI=1S/C13H21NO4S/c1-5-8-19-17-9-10-6-7-11(15)14(10)12(16)18-13(2,3)4/h6-7,10H,5,8-9H2,1-4H3/t10-/m0/s1. The Morgan fingerprint density at radius 2 is 2.16 bits per heavy atom. The van der Waals surface area contributed by atoms with Crippen molar-refractivity contribution in [3.05, 3.63) is 12.2 Å². The second-order valence-corrected chi connectivity index (χ2v) is 6.10. The Hall–Kier alpha value is -1.01. The van der Waals surface area contributed by atoms with Crippen molar-refractivity contribution >= 4 is 24.0 Å². The highest BCUT2D eigenvalue weighted by Crippen LogP contribution is 2.18. The van der Waals surface area contributed by atoms with E-state index in [1.807, 2.05) is 0 Å². The summed E-state index contributed by atoms with van der Waals surface area (Å²) in [5.74, 6) is 0.528. The molecule has 0 fully saturated rings. The molecule has 0 aromatic heterocycles. The molecule has 108 valence electrons. The van der Waals surface area contributed by atoms with Crippen LogP contribution in [0.15, 0.2) is 12.2 Å². The number of nitrogens with zero attached hydrogens (tertiary/aromatic N) is 1. The zero-order valence-electron chi connectivity index (χ0n) is 11.8. The molecule has 1 atom stereocenters. The Labute approximate surface area is 118 Å². The summed E-state index contributed by atoms with van der Waals surface area (Å²) in [6, 6.07) is -0.383. The fourth-order valence-electron chi connectivity index (χ4n) is 1.45. The molecule has 19 heavy (non-hydrogen) atoms. The third-order valence-corrected chi connectivity index (χ3v) is 3.11. The fraction of sp³-hybridized carbons (Fsp3) is 0.692. The van der Waals surface area contributed by atoms with E-state index in [0.29, 0.717) is 0 Å². The van der Waals surface area contributed by atoms with E-state index >= 15 is 0 Å². The van der Waals surface area contributed by atoms with Gasteiger partial charge in [0.25, 0.3) is 5.91 Å². The summed E-state index contributed by atoms with van der Waals surface area (Å²) in [6.45, 7) is 7.64. The highest BCUT2D eigenvalue weighted by molar-refractivity contribution is 7.94. The lowest BCUT2D eigenvalue weighted by Gasteiger charge is -2.26. The smallest absolute Gasteiger partial charge is 0.417 e. The molecule has 0 saturated heterocycles. The van der Waals surface area contributed by atoms with Crippen LogP contribution < -0.4 is 0 Å². The van der Waals surface area contributed by atoms with Crippen molar-refractivity contribution in [2.75, 3.05) is 12.4 Å². The zero-order valence-corrected chi connectivity index (χ0v) is 12.7. The van der Waals surface area contributed by atoms with Crippen LogP contribution >= 0.6 is 12.0 Å². The van der Waals surface area contributed by atoms with Gasteiger partial charge in [-0.25, -0.2) is 9.69 Å². The predicted octanol–water partition coefficient (Wildman–Crippen LogP) is 2.76. The van der Waals surface area contributed by atoms with E-state index in [1.54, 1.807) is 26.8 Å². The monoisotopic (exact) mass is 287 g/mol. The molecule has 6 heteroatoms. The molecule has 0 bridgehead atoms. The summed E-state index contributed by atoms with van der Waals surface area (Å²) in [4.78, 5) is 24.7. The van der Waals surface area contributed by atoms with Gasteiger partial charge in [-0.05, 0) is 39.2 Å². The minimum atomic E-state index is -0.628. The number of carbonyl (C=O) groups is 2. The number of imide groups is 1. The second kappa shape index (κ2) is 6.96. The molecule has 1 aliphatic rings. The lowest BCUT2D eigenvalue weighted by atomic mass is 10.2. The van der Waals surface area contributed by atoms with Crippen molar-refractivity contribution < 1.29 is 18.5 Å². The second-order valence-electron chi connectivity index (χ2n) is 5.22. The molecular formula is C13H21NO4S. The van der Waals surface area contributed by atoms with Crippen LogP contribution in [0.3, 0.4) is 0 Å². The molecule has 0 aromatic rings. The number of hydrogen-bond acceptors (Lipinski definition) is 5. The zero-order chi connectivity index (χ0) is 14.5. The van der Waals surface area contributed by atoms with Crippen LogP contribution in [0.4, 0.5) is 4.79 Å². The maximum atomic E-state index is 12.0. The van der Waals surface area contributed by atoms with E-state index in [-0.39, 0.29) is 18.6 Å². The van der Waals surface area contributed by atoms with Gasteiger partial charge in [-0.3, -0.25) is 4.79 Å². The molecule has 0 aromatic carbocycles. The maximum absolute atomic E-state index is 12.0. The van der Waals surface area contributed by atoms with E-state index in [0.717, 1.165) is 17.1 Å². The average molecular weight is 287 g/mol. The Bertz CT molecular complexity index is 362. The minimum absolute atomic E-state index is 0.284. The normalized spacial score (nSPS) is 19.1. The van der Waals surface area contributed by atoms with Crippen molar-refractivity contribution in [3.63, 3.8) is 0 Å². The summed E-state index contributed by atoms with van der Waals surface area (Å²) >= 11 is 1.34. The van der Waals surface area contributed by atoms with E-state index < -0.39 is 11.7 Å². The van der Waals surface area contributed by atoms with Crippen LogP contribution in [0, 0.1) is 0 Å². The predicted molar refractivity (Wildman–Crippen MR) is 74.7 cm³/mol. The molecule has 0 spiro atoms. The summed E-state index contributed by atoms with van der Waals surface area (Å²) in [6.07, 6.45) is 3.43. The van der Waals surface area contributed by atoms with E-state index in [1.165, 1.54) is 18.1 Å². The van der Waals surface area contributed by atoms with E-state index in [2.05, 4.69) is 6.92 Å². The van der Waals surface area contributed by atoms with Crippen molar-refractivity contribution in [1.82, 2.24) is 4.90 Å². The summed E-state index contributed by atoms with van der Waals surface area (Å²) < 4.78 is 10.6. The quantitative estimate of drug-likeness (QED) is 0.575. The molecule has 1 heterocycles. The summed E-state index contributed by atoms with van der Waals surface area (Å²) in [7, 11) is 0. The third kappa shape index (κ3) is 5.24. The minimum Gasteiger partial charge on any atom is -0.443 e. The Balaban J connectivity index is 2.54. The summed E-state index contributed by atoms with van der Waals surface area (Å²) in [5.41, 5.74) is -0.623. The van der Waals surface area contributed by atoms with Crippen LogP contribution in [-0.2, 0) is 13.7 Å². The van der Waals surface area contributed by atoms with Gasteiger partial charge < -0.3 is 8.92 Å². The van der Waals surface area contributed by atoms with Crippen molar-refractivity contribution in [2.24, 2.45) is 0 Å². The van der Waals surface area contributed by atoms with Crippen molar-refractivity contribution in [2.45, 2.75) is 45.8 Å².